The molecule has 2 aromatic rings. The highest BCUT2D eigenvalue weighted by Crippen LogP contribution is 2.23. The summed E-state index contributed by atoms with van der Waals surface area (Å²) < 4.78 is 5.85. The van der Waals surface area contributed by atoms with Crippen LogP contribution in [0.15, 0.2) is 22.6 Å². The molecule has 0 radical (unpaired) electrons. The molecule has 1 fully saturated rings. The highest BCUT2D eigenvalue weighted by molar-refractivity contribution is 5.77. The van der Waals surface area contributed by atoms with Gasteiger partial charge in [-0.1, -0.05) is 13.3 Å². The zero-order valence-corrected chi connectivity index (χ0v) is 11.5. The molecule has 1 aliphatic rings. The maximum Gasteiger partial charge on any atom is 0.195 e. The van der Waals surface area contributed by atoms with Gasteiger partial charge in [-0.3, -0.25) is 0 Å². The Morgan fingerprint density at radius 3 is 2.95 bits per heavy atom. The molecule has 1 aromatic carbocycles. The summed E-state index contributed by atoms with van der Waals surface area (Å²) in [6.45, 7) is 6.40. The standard InChI is InChI=1S/C15H21N3O/c1-2-3-4-15-17-13-6-5-12(11-14(13)19-15)18-9-7-16-8-10-18/h5-6,11,16H,2-4,7-10H2,1H3. The molecule has 0 unspecified atom stereocenters. The van der Waals surface area contributed by atoms with Crippen LogP contribution in [-0.4, -0.2) is 31.2 Å². The summed E-state index contributed by atoms with van der Waals surface area (Å²) in [6, 6.07) is 6.36. The first-order valence-electron chi connectivity index (χ1n) is 7.22. The van der Waals surface area contributed by atoms with Gasteiger partial charge in [0.2, 0.25) is 0 Å². The van der Waals surface area contributed by atoms with Crippen LogP contribution in [-0.2, 0) is 6.42 Å². The normalized spacial score (nSPS) is 16.2. The number of hydrogen-bond acceptors (Lipinski definition) is 4. The van der Waals surface area contributed by atoms with Crippen molar-refractivity contribution in [3.8, 4) is 0 Å². The minimum absolute atomic E-state index is 0.870. The van der Waals surface area contributed by atoms with E-state index in [1.807, 2.05) is 0 Å². The highest BCUT2D eigenvalue weighted by atomic mass is 16.3. The topological polar surface area (TPSA) is 41.3 Å². The molecule has 0 bridgehead atoms. The van der Waals surface area contributed by atoms with Gasteiger partial charge < -0.3 is 14.6 Å². The van der Waals surface area contributed by atoms with Crippen molar-refractivity contribution in [2.45, 2.75) is 26.2 Å². The summed E-state index contributed by atoms with van der Waals surface area (Å²) in [4.78, 5) is 6.93. The molecule has 0 amide bonds. The number of aryl methyl sites for hydroxylation is 1. The number of nitrogens with zero attached hydrogens (tertiary/aromatic N) is 2. The Balaban J connectivity index is 1.83. The SMILES string of the molecule is CCCCc1nc2ccc(N3CCNCC3)cc2o1. The summed E-state index contributed by atoms with van der Waals surface area (Å²) >= 11 is 0. The Morgan fingerprint density at radius 2 is 2.16 bits per heavy atom. The van der Waals surface area contributed by atoms with Crippen LogP contribution >= 0.6 is 0 Å². The van der Waals surface area contributed by atoms with E-state index in [4.69, 9.17) is 4.42 Å². The molecule has 0 saturated carbocycles. The number of anilines is 1. The fourth-order valence-electron chi connectivity index (χ4n) is 2.52. The summed E-state index contributed by atoms with van der Waals surface area (Å²) in [5.74, 6) is 0.870. The van der Waals surface area contributed by atoms with Gasteiger partial charge in [0.05, 0.1) is 0 Å². The average molecular weight is 259 g/mol. The van der Waals surface area contributed by atoms with Crippen LogP contribution in [0.2, 0.25) is 0 Å². The second-order valence-corrected chi connectivity index (χ2v) is 5.10. The lowest BCUT2D eigenvalue weighted by Crippen LogP contribution is -2.43. The van der Waals surface area contributed by atoms with E-state index in [0.717, 1.165) is 56.0 Å². The van der Waals surface area contributed by atoms with Crippen molar-refractivity contribution in [3.05, 3.63) is 24.1 Å². The van der Waals surface area contributed by atoms with Gasteiger partial charge in [-0.25, -0.2) is 4.98 Å². The van der Waals surface area contributed by atoms with Crippen molar-refractivity contribution < 1.29 is 4.42 Å². The van der Waals surface area contributed by atoms with Gasteiger partial charge in [0.15, 0.2) is 11.5 Å². The van der Waals surface area contributed by atoms with Crippen molar-refractivity contribution in [2.24, 2.45) is 0 Å². The monoisotopic (exact) mass is 259 g/mol. The van der Waals surface area contributed by atoms with Gasteiger partial charge in [0.1, 0.15) is 5.52 Å². The van der Waals surface area contributed by atoms with E-state index in [-0.39, 0.29) is 0 Å². The number of rotatable bonds is 4. The van der Waals surface area contributed by atoms with Crippen LogP contribution in [0.1, 0.15) is 25.7 Å². The molecule has 1 aromatic heterocycles. The van der Waals surface area contributed by atoms with E-state index in [9.17, 15) is 0 Å². The van der Waals surface area contributed by atoms with E-state index in [1.165, 1.54) is 12.1 Å². The van der Waals surface area contributed by atoms with Crippen LogP contribution in [0, 0.1) is 0 Å². The molecular formula is C15H21N3O. The molecular weight excluding hydrogens is 238 g/mol. The molecule has 3 rings (SSSR count). The predicted molar refractivity (Wildman–Crippen MR) is 77.7 cm³/mol. The minimum atomic E-state index is 0.870. The maximum atomic E-state index is 5.85. The van der Waals surface area contributed by atoms with Gasteiger partial charge in [-0.05, 0) is 18.6 Å². The molecule has 0 atom stereocenters. The third-order valence-electron chi connectivity index (χ3n) is 3.64. The molecule has 1 aliphatic heterocycles. The van der Waals surface area contributed by atoms with Gasteiger partial charge >= 0.3 is 0 Å². The fourth-order valence-corrected chi connectivity index (χ4v) is 2.52. The van der Waals surface area contributed by atoms with Crippen LogP contribution in [0.5, 0.6) is 0 Å². The largest absolute Gasteiger partial charge is 0.441 e. The number of unbranched alkanes of at least 4 members (excludes halogenated alkanes) is 1. The number of benzene rings is 1. The van der Waals surface area contributed by atoms with E-state index < -0.39 is 0 Å². The quantitative estimate of drug-likeness (QED) is 0.916. The molecule has 102 valence electrons. The Bertz CT molecular complexity index is 543. The lowest BCUT2D eigenvalue weighted by molar-refractivity contribution is 0.517. The number of nitrogens with one attached hydrogen (secondary N) is 1. The van der Waals surface area contributed by atoms with Crippen molar-refractivity contribution in [1.29, 1.82) is 0 Å². The van der Waals surface area contributed by atoms with E-state index in [0.29, 0.717) is 0 Å². The van der Waals surface area contributed by atoms with Crippen molar-refractivity contribution in [2.75, 3.05) is 31.1 Å². The van der Waals surface area contributed by atoms with Crippen LogP contribution in [0.25, 0.3) is 11.1 Å². The van der Waals surface area contributed by atoms with Gasteiger partial charge in [0.25, 0.3) is 0 Å². The Morgan fingerprint density at radius 1 is 1.32 bits per heavy atom. The molecule has 4 nitrogen and oxygen atoms in total. The van der Waals surface area contributed by atoms with Crippen LogP contribution in [0.3, 0.4) is 0 Å². The van der Waals surface area contributed by atoms with Crippen molar-refractivity contribution in [3.63, 3.8) is 0 Å². The Hall–Kier alpha value is -1.55. The van der Waals surface area contributed by atoms with Crippen LogP contribution in [0.4, 0.5) is 5.69 Å². The third-order valence-corrected chi connectivity index (χ3v) is 3.64. The highest BCUT2D eigenvalue weighted by Gasteiger charge is 2.12. The third kappa shape index (κ3) is 2.73. The van der Waals surface area contributed by atoms with Crippen LogP contribution < -0.4 is 10.2 Å². The Kier molecular flexibility index (Phi) is 3.69. The van der Waals surface area contributed by atoms with Gasteiger partial charge in [-0.2, -0.15) is 0 Å². The summed E-state index contributed by atoms with van der Waals surface area (Å²) in [5.41, 5.74) is 3.14. The summed E-state index contributed by atoms with van der Waals surface area (Å²) in [6.07, 6.45) is 3.25. The first-order valence-corrected chi connectivity index (χ1v) is 7.22. The fraction of sp³-hybridized carbons (Fsp3) is 0.533. The second-order valence-electron chi connectivity index (χ2n) is 5.10. The zero-order valence-electron chi connectivity index (χ0n) is 11.5. The number of hydrogen-bond donors (Lipinski definition) is 1. The molecule has 4 heteroatoms. The first kappa shape index (κ1) is 12.5. The van der Waals surface area contributed by atoms with E-state index in [1.54, 1.807) is 0 Å². The van der Waals surface area contributed by atoms with Crippen molar-refractivity contribution in [1.82, 2.24) is 10.3 Å². The van der Waals surface area contributed by atoms with E-state index in [2.05, 4.69) is 40.3 Å². The predicted octanol–water partition coefficient (Wildman–Crippen LogP) is 2.58. The lowest BCUT2D eigenvalue weighted by atomic mass is 10.2. The number of oxazole rings is 1. The number of piperazine rings is 1. The maximum absolute atomic E-state index is 5.85. The number of aromatic nitrogens is 1. The molecule has 1 N–H and O–H groups in total. The summed E-state index contributed by atoms with van der Waals surface area (Å²) in [5, 5.41) is 3.37. The average Bonchev–Trinajstić information content (AvgIpc) is 2.87. The van der Waals surface area contributed by atoms with Gasteiger partial charge in [-0.15, -0.1) is 0 Å². The second kappa shape index (κ2) is 5.61. The lowest BCUT2D eigenvalue weighted by Gasteiger charge is -2.29. The zero-order chi connectivity index (χ0) is 13.1. The van der Waals surface area contributed by atoms with E-state index >= 15 is 0 Å². The first-order chi connectivity index (χ1) is 9.36. The smallest absolute Gasteiger partial charge is 0.195 e. The molecule has 19 heavy (non-hydrogen) atoms. The van der Waals surface area contributed by atoms with Gasteiger partial charge in [0, 0.05) is 44.4 Å². The molecule has 0 aliphatic carbocycles. The number of fused-ring (bicyclic) bond motifs is 1. The Labute approximate surface area is 113 Å². The van der Waals surface area contributed by atoms with Crippen molar-refractivity contribution >= 4 is 16.8 Å². The minimum Gasteiger partial charge on any atom is -0.441 e. The molecule has 1 saturated heterocycles. The summed E-state index contributed by atoms with van der Waals surface area (Å²) in [7, 11) is 0. The molecule has 0 spiro atoms. The molecule has 2 heterocycles.